The van der Waals surface area contributed by atoms with Crippen LogP contribution >= 0.6 is 0 Å². The van der Waals surface area contributed by atoms with E-state index in [-0.39, 0.29) is 6.42 Å². The lowest BCUT2D eigenvalue weighted by Crippen LogP contribution is -2.60. The third-order valence-electron chi connectivity index (χ3n) is 13.8. The Morgan fingerprint density at radius 1 is 0.515 bits per heavy atom. The first-order valence-electron chi connectivity index (χ1n) is 28.1. The lowest BCUT2D eigenvalue weighted by Gasteiger charge is -2.40. The van der Waals surface area contributed by atoms with E-state index in [1.807, 2.05) is 0 Å². The van der Waals surface area contributed by atoms with Gasteiger partial charge < -0.3 is 50.5 Å². The molecule has 11 nitrogen and oxygen atoms in total. The summed E-state index contributed by atoms with van der Waals surface area (Å²) in [7, 11) is 0. The predicted octanol–water partition coefficient (Wildman–Crippen LogP) is 11.2. The number of aliphatic hydroxyl groups is 7. The average molecular weight is 942 g/mol. The number of hydrogen-bond acceptors (Lipinski definition) is 10. The molecule has 0 spiro atoms. The molecule has 9 atom stereocenters. The van der Waals surface area contributed by atoms with Crippen molar-refractivity contribution in [2.45, 2.75) is 319 Å². The summed E-state index contributed by atoms with van der Waals surface area (Å²) in [5, 5.41) is 75.9. The lowest BCUT2D eigenvalue weighted by molar-refractivity contribution is -0.303. The summed E-state index contributed by atoms with van der Waals surface area (Å²) in [6, 6.07) is -1.17. The lowest BCUT2D eigenvalue weighted by atomic mass is 9.98. The molecule has 1 saturated heterocycles. The van der Waals surface area contributed by atoms with Gasteiger partial charge in [0.25, 0.3) is 0 Å². The minimum Gasteiger partial charge on any atom is -0.394 e. The Morgan fingerprint density at radius 2 is 0.879 bits per heavy atom. The molecular weight excluding hydrogens is 835 g/mol. The van der Waals surface area contributed by atoms with Crippen LogP contribution in [0.3, 0.4) is 0 Å². The Hall–Kier alpha value is -1.15. The molecule has 0 saturated carbocycles. The first kappa shape index (κ1) is 62.9. The van der Waals surface area contributed by atoms with Gasteiger partial charge in [-0.2, -0.15) is 0 Å². The van der Waals surface area contributed by atoms with Gasteiger partial charge in [0.2, 0.25) is 5.91 Å². The van der Waals surface area contributed by atoms with E-state index in [1.54, 1.807) is 0 Å². The highest BCUT2D eigenvalue weighted by molar-refractivity contribution is 5.80. The van der Waals surface area contributed by atoms with Crippen LogP contribution in [-0.4, -0.2) is 110 Å². The summed E-state index contributed by atoms with van der Waals surface area (Å²) in [5.41, 5.74) is 0. The van der Waals surface area contributed by atoms with E-state index in [0.29, 0.717) is 19.3 Å². The van der Waals surface area contributed by atoms with Crippen molar-refractivity contribution < 1.29 is 50.0 Å². The van der Waals surface area contributed by atoms with E-state index in [9.17, 15) is 40.5 Å². The third kappa shape index (κ3) is 33.4. The Labute approximate surface area is 404 Å². The molecule has 392 valence electrons. The zero-order chi connectivity index (χ0) is 48.3. The molecule has 0 radical (unpaired) electrons. The van der Waals surface area contributed by atoms with Crippen molar-refractivity contribution in [1.82, 2.24) is 5.32 Å². The zero-order valence-corrected chi connectivity index (χ0v) is 42.7. The van der Waals surface area contributed by atoms with Gasteiger partial charge in [-0.3, -0.25) is 4.79 Å². The van der Waals surface area contributed by atoms with E-state index >= 15 is 0 Å². The monoisotopic (exact) mass is 942 g/mol. The Balaban J connectivity index is 2.23. The van der Waals surface area contributed by atoms with Crippen molar-refractivity contribution in [2.24, 2.45) is 0 Å². The molecule has 0 aliphatic carbocycles. The molecule has 1 rings (SSSR count). The molecule has 1 amide bonds. The third-order valence-corrected chi connectivity index (χ3v) is 13.8. The van der Waals surface area contributed by atoms with Gasteiger partial charge in [-0.15, -0.1) is 0 Å². The van der Waals surface area contributed by atoms with Gasteiger partial charge in [-0.25, -0.2) is 0 Å². The van der Waals surface area contributed by atoms with E-state index in [1.165, 1.54) is 173 Å². The summed E-state index contributed by atoms with van der Waals surface area (Å²) < 4.78 is 11.1. The smallest absolute Gasteiger partial charge is 0.249 e. The van der Waals surface area contributed by atoms with Crippen LogP contribution in [0.15, 0.2) is 12.2 Å². The topological polar surface area (TPSA) is 189 Å². The number of hydrogen-bond donors (Lipinski definition) is 8. The van der Waals surface area contributed by atoms with Crippen molar-refractivity contribution in [3.63, 3.8) is 0 Å². The number of amides is 1. The van der Waals surface area contributed by atoms with Crippen molar-refractivity contribution in [1.29, 1.82) is 0 Å². The normalized spacial score (nSPS) is 20.8. The number of ether oxygens (including phenoxy) is 2. The second-order valence-electron chi connectivity index (χ2n) is 20.0. The Morgan fingerprint density at radius 3 is 1.30 bits per heavy atom. The van der Waals surface area contributed by atoms with E-state index < -0.39 is 74.2 Å². The molecule has 11 heteroatoms. The highest BCUT2D eigenvalue weighted by atomic mass is 16.7. The minimum atomic E-state index is -1.66. The van der Waals surface area contributed by atoms with Gasteiger partial charge in [0, 0.05) is 0 Å². The number of rotatable bonds is 48. The summed E-state index contributed by atoms with van der Waals surface area (Å²) in [5.74, 6) is -0.704. The molecule has 1 heterocycles. The van der Waals surface area contributed by atoms with Gasteiger partial charge in [0.15, 0.2) is 6.29 Å². The molecule has 0 aromatic rings. The molecule has 1 aliphatic heterocycles. The van der Waals surface area contributed by atoms with Gasteiger partial charge in [0.05, 0.1) is 25.4 Å². The summed E-state index contributed by atoms with van der Waals surface area (Å²) >= 11 is 0. The quantitative estimate of drug-likeness (QED) is 0.0215. The molecule has 1 aliphatic rings. The average Bonchev–Trinajstić information content (AvgIpc) is 3.32. The minimum absolute atomic E-state index is 0.247. The van der Waals surface area contributed by atoms with E-state index in [2.05, 4.69) is 31.3 Å². The van der Waals surface area contributed by atoms with Gasteiger partial charge in [0.1, 0.15) is 36.6 Å². The van der Waals surface area contributed by atoms with Crippen molar-refractivity contribution in [2.75, 3.05) is 13.2 Å². The zero-order valence-electron chi connectivity index (χ0n) is 42.7. The van der Waals surface area contributed by atoms with Crippen molar-refractivity contribution in [3.8, 4) is 0 Å². The Kier molecular flexibility index (Phi) is 42.9. The molecular formula is C55H107NO10. The Bertz CT molecular complexity index is 1080. The maximum absolute atomic E-state index is 13.1. The van der Waals surface area contributed by atoms with Crippen LogP contribution in [0.25, 0.3) is 0 Å². The molecule has 0 aromatic carbocycles. The molecule has 0 bridgehead atoms. The fourth-order valence-corrected chi connectivity index (χ4v) is 9.20. The molecule has 1 fully saturated rings. The second-order valence-corrected chi connectivity index (χ2v) is 20.0. The summed E-state index contributed by atoms with van der Waals surface area (Å²) in [6.45, 7) is 3.43. The van der Waals surface area contributed by atoms with E-state index in [0.717, 1.165) is 51.4 Å². The largest absolute Gasteiger partial charge is 0.394 e. The maximum atomic E-state index is 13.1. The number of carbonyl (C=O) groups is 1. The summed E-state index contributed by atoms with van der Waals surface area (Å²) in [4.78, 5) is 13.1. The highest BCUT2D eigenvalue weighted by Gasteiger charge is 2.44. The fourth-order valence-electron chi connectivity index (χ4n) is 9.20. The van der Waals surface area contributed by atoms with Crippen molar-refractivity contribution >= 4 is 5.91 Å². The number of nitrogens with one attached hydrogen (secondary N) is 1. The van der Waals surface area contributed by atoms with Crippen LogP contribution in [0, 0.1) is 0 Å². The number of aliphatic hydroxyl groups excluding tert-OH is 7. The van der Waals surface area contributed by atoms with Crippen LogP contribution in [0.5, 0.6) is 0 Å². The van der Waals surface area contributed by atoms with Crippen LogP contribution in [-0.2, 0) is 14.3 Å². The van der Waals surface area contributed by atoms with Gasteiger partial charge in [-0.05, 0) is 38.5 Å². The predicted molar refractivity (Wildman–Crippen MR) is 270 cm³/mol. The molecule has 8 N–H and O–H groups in total. The molecule has 66 heavy (non-hydrogen) atoms. The highest BCUT2D eigenvalue weighted by Crippen LogP contribution is 2.23. The second kappa shape index (κ2) is 45.0. The fraction of sp³-hybridized carbons (Fsp3) is 0.945. The molecule has 9 unspecified atom stereocenters. The van der Waals surface area contributed by atoms with Crippen LogP contribution in [0.2, 0.25) is 0 Å². The number of allylic oxidation sites excluding steroid dienone is 2. The molecule has 0 aromatic heterocycles. The van der Waals surface area contributed by atoms with Crippen LogP contribution in [0.1, 0.15) is 264 Å². The number of unbranched alkanes of at least 4 members (excludes halogenated alkanes) is 34. The van der Waals surface area contributed by atoms with Crippen LogP contribution in [0.4, 0.5) is 0 Å². The first-order chi connectivity index (χ1) is 32.2. The van der Waals surface area contributed by atoms with Crippen molar-refractivity contribution in [3.05, 3.63) is 12.2 Å². The summed E-state index contributed by atoms with van der Waals surface area (Å²) in [6.07, 6.45) is 40.0. The van der Waals surface area contributed by atoms with E-state index in [4.69, 9.17) is 9.47 Å². The van der Waals surface area contributed by atoms with Gasteiger partial charge in [-0.1, -0.05) is 238 Å². The standard InChI is InChI=1S/C55H107NO10/c1-3-5-7-9-11-13-15-16-17-18-19-20-21-22-23-24-25-26-27-28-29-30-31-33-34-36-38-40-42-47(58)50(60)46(45-65-55-53(63)52(62)51(61)49(44-57)66-55)56-54(64)48(59)43-41-39-37-35-32-14-12-10-8-6-4-2/h12,14,46-53,55,57-63H,3-11,13,15-45H2,1-2H3,(H,56,64)/b14-12-. The maximum Gasteiger partial charge on any atom is 0.249 e. The first-order valence-corrected chi connectivity index (χ1v) is 28.1. The van der Waals surface area contributed by atoms with Crippen LogP contribution < -0.4 is 5.32 Å². The SMILES string of the molecule is CCCCC/C=C\CCCCCCC(O)C(=O)NC(COC1OC(CO)C(O)C(O)C1O)C(O)C(O)CCCCCCCCCCCCCCCCCCCCCCCCCCCCCC. The van der Waals surface area contributed by atoms with Gasteiger partial charge >= 0.3 is 0 Å². The number of carbonyl (C=O) groups excluding carboxylic acids is 1.